The van der Waals surface area contributed by atoms with Gasteiger partial charge in [0.05, 0.1) is 6.04 Å². The van der Waals surface area contributed by atoms with Gasteiger partial charge >= 0.3 is 0 Å². The number of hydrogen-bond acceptors (Lipinski definition) is 3. The van der Waals surface area contributed by atoms with E-state index in [0.29, 0.717) is 0 Å². The minimum atomic E-state index is 0.0211. The van der Waals surface area contributed by atoms with Crippen LogP contribution < -0.4 is 11.3 Å². The molecular formula is C16H22N2O. The fourth-order valence-corrected chi connectivity index (χ4v) is 2.16. The highest BCUT2D eigenvalue weighted by molar-refractivity contribution is 5.24. The van der Waals surface area contributed by atoms with Gasteiger partial charge in [-0.2, -0.15) is 0 Å². The molecule has 1 unspecified atom stereocenters. The highest BCUT2D eigenvalue weighted by Crippen LogP contribution is 2.21. The van der Waals surface area contributed by atoms with E-state index in [-0.39, 0.29) is 6.04 Å². The summed E-state index contributed by atoms with van der Waals surface area (Å²) < 4.78 is 5.76. The van der Waals surface area contributed by atoms with Crippen LogP contribution >= 0.6 is 0 Å². The van der Waals surface area contributed by atoms with Crippen molar-refractivity contribution in [3.8, 4) is 0 Å². The molecule has 0 aliphatic rings. The van der Waals surface area contributed by atoms with Gasteiger partial charge in [-0.3, -0.25) is 5.84 Å². The molecule has 19 heavy (non-hydrogen) atoms. The number of nitrogens with one attached hydrogen (secondary N) is 1. The number of hydrazine groups is 1. The molecule has 0 radical (unpaired) electrons. The summed E-state index contributed by atoms with van der Waals surface area (Å²) in [6, 6.07) is 12.7. The van der Waals surface area contributed by atoms with E-state index in [1.165, 1.54) is 11.1 Å². The Morgan fingerprint density at radius 1 is 1.00 bits per heavy atom. The molecule has 3 heteroatoms. The zero-order valence-electron chi connectivity index (χ0n) is 11.6. The Balaban J connectivity index is 2.09. The maximum absolute atomic E-state index is 5.76. The van der Waals surface area contributed by atoms with Crippen molar-refractivity contribution >= 4 is 0 Å². The maximum atomic E-state index is 5.76. The molecule has 3 N–H and O–H groups in total. The van der Waals surface area contributed by atoms with Gasteiger partial charge in [0.2, 0.25) is 0 Å². The smallest absolute Gasteiger partial charge is 0.122 e. The second-order valence-corrected chi connectivity index (χ2v) is 4.75. The van der Waals surface area contributed by atoms with Crippen LogP contribution in [0, 0.1) is 0 Å². The molecular weight excluding hydrogens is 236 g/mol. The van der Waals surface area contributed by atoms with E-state index in [1.807, 2.05) is 12.1 Å². The molecule has 3 nitrogen and oxygen atoms in total. The highest BCUT2D eigenvalue weighted by Gasteiger charge is 2.14. The summed E-state index contributed by atoms with van der Waals surface area (Å²) in [5.74, 6) is 7.55. The van der Waals surface area contributed by atoms with E-state index in [9.17, 15) is 0 Å². The third kappa shape index (κ3) is 3.46. The molecule has 0 bridgehead atoms. The van der Waals surface area contributed by atoms with Gasteiger partial charge in [0.1, 0.15) is 11.5 Å². The van der Waals surface area contributed by atoms with Crippen LogP contribution in [0.2, 0.25) is 0 Å². The summed E-state index contributed by atoms with van der Waals surface area (Å²) in [7, 11) is 0. The van der Waals surface area contributed by atoms with Crippen molar-refractivity contribution in [3.63, 3.8) is 0 Å². The average molecular weight is 258 g/mol. The minimum Gasteiger partial charge on any atom is -0.464 e. The molecule has 0 spiro atoms. The summed E-state index contributed by atoms with van der Waals surface area (Å²) >= 11 is 0. The molecule has 2 aromatic rings. The van der Waals surface area contributed by atoms with E-state index < -0.39 is 0 Å². The molecule has 0 saturated carbocycles. The fraction of sp³-hybridized carbons (Fsp3) is 0.375. The molecule has 102 valence electrons. The predicted octanol–water partition coefficient (Wildman–Crippen LogP) is 3.15. The minimum absolute atomic E-state index is 0.0211. The van der Waals surface area contributed by atoms with Crippen LogP contribution in [0.5, 0.6) is 0 Å². The summed E-state index contributed by atoms with van der Waals surface area (Å²) in [5, 5.41) is 0. The van der Waals surface area contributed by atoms with Gasteiger partial charge in [-0.1, -0.05) is 38.1 Å². The normalized spacial score (nSPS) is 12.6. The van der Waals surface area contributed by atoms with Gasteiger partial charge in [0, 0.05) is 6.42 Å². The highest BCUT2D eigenvalue weighted by atomic mass is 16.3. The average Bonchev–Trinajstić information content (AvgIpc) is 2.94. The van der Waals surface area contributed by atoms with Crippen molar-refractivity contribution in [2.45, 2.75) is 39.2 Å². The van der Waals surface area contributed by atoms with E-state index in [0.717, 1.165) is 30.8 Å². The zero-order valence-corrected chi connectivity index (χ0v) is 11.6. The van der Waals surface area contributed by atoms with Crippen LogP contribution in [-0.4, -0.2) is 0 Å². The van der Waals surface area contributed by atoms with Crippen molar-refractivity contribution in [1.29, 1.82) is 0 Å². The molecule has 1 aromatic heterocycles. The third-order valence-electron chi connectivity index (χ3n) is 3.45. The molecule has 1 aromatic carbocycles. The molecule has 1 heterocycles. The SMILES string of the molecule is CCc1ccc(CC(NN)c2ccc(CC)o2)cc1. The molecule has 0 fully saturated rings. The summed E-state index contributed by atoms with van der Waals surface area (Å²) in [6.45, 7) is 4.24. The number of aryl methyl sites for hydroxylation is 2. The monoisotopic (exact) mass is 258 g/mol. The Kier molecular flexibility index (Phi) is 4.77. The first-order chi connectivity index (χ1) is 9.26. The van der Waals surface area contributed by atoms with Crippen molar-refractivity contribution in [2.75, 3.05) is 0 Å². The lowest BCUT2D eigenvalue weighted by Crippen LogP contribution is -2.29. The van der Waals surface area contributed by atoms with Crippen molar-refractivity contribution in [1.82, 2.24) is 5.43 Å². The molecule has 0 amide bonds. The Morgan fingerprint density at radius 3 is 2.21 bits per heavy atom. The first kappa shape index (κ1) is 13.8. The topological polar surface area (TPSA) is 51.2 Å². The standard InChI is InChI=1S/C16H22N2O/c1-3-12-5-7-13(8-6-12)11-15(18-17)16-10-9-14(4-2)19-16/h5-10,15,18H,3-4,11,17H2,1-2H3. The van der Waals surface area contributed by atoms with E-state index in [1.54, 1.807) is 0 Å². The Labute approximate surface area is 114 Å². The number of furan rings is 1. The van der Waals surface area contributed by atoms with E-state index in [4.69, 9.17) is 10.3 Å². The van der Waals surface area contributed by atoms with Gasteiger partial charge in [-0.05, 0) is 36.1 Å². The Hall–Kier alpha value is -1.58. The summed E-state index contributed by atoms with van der Waals surface area (Å²) in [6.07, 6.45) is 2.80. The predicted molar refractivity (Wildman–Crippen MR) is 77.7 cm³/mol. The van der Waals surface area contributed by atoms with Crippen LogP contribution in [0.25, 0.3) is 0 Å². The van der Waals surface area contributed by atoms with Gasteiger partial charge in [-0.25, -0.2) is 5.43 Å². The molecule has 0 aliphatic heterocycles. The number of rotatable bonds is 6. The summed E-state index contributed by atoms with van der Waals surface area (Å²) in [5.41, 5.74) is 5.45. The molecule has 2 rings (SSSR count). The fourth-order valence-electron chi connectivity index (χ4n) is 2.16. The first-order valence-electron chi connectivity index (χ1n) is 6.89. The second-order valence-electron chi connectivity index (χ2n) is 4.75. The van der Waals surface area contributed by atoms with Gasteiger partial charge in [-0.15, -0.1) is 0 Å². The number of benzene rings is 1. The van der Waals surface area contributed by atoms with Gasteiger partial charge < -0.3 is 4.42 Å². The maximum Gasteiger partial charge on any atom is 0.122 e. The zero-order chi connectivity index (χ0) is 13.7. The molecule has 0 aliphatic carbocycles. The van der Waals surface area contributed by atoms with Crippen LogP contribution in [0.3, 0.4) is 0 Å². The van der Waals surface area contributed by atoms with Crippen LogP contribution in [0.1, 0.15) is 42.5 Å². The van der Waals surface area contributed by atoms with E-state index >= 15 is 0 Å². The largest absolute Gasteiger partial charge is 0.464 e. The van der Waals surface area contributed by atoms with Crippen molar-refractivity contribution < 1.29 is 4.42 Å². The summed E-state index contributed by atoms with van der Waals surface area (Å²) in [4.78, 5) is 0. The van der Waals surface area contributed by atoms with Crippen LogP contribution in [-0.2, 0) is 19.3 Å². The number of nitrogens with two attached hydrogens (primary N) is 1. The van der Waals surface area contributed by atoms with Gasteiger partial charge in [0.25, 0.3) is 0 Å². The lowest BCUT2D eigenvalue weighted by Gasteiger charge is -2.13. The molecule has 0 saturated heterocycles. The Morgan fingerprint density at radius 2 is 1.68 bits per heavy atom. The van der Waals surface area contributed by atoms with Crippen LogP contribution in [0.15, 0.2) is 40.8 Å². The van der Waals surface area contributed by atoms with Crippen LogP contribution in [0.4, 0.5) is 0 Å². The van der Waals surface area contributed by atoms with Crippen molar-refractivity contribution in [2.24, 2.45) is 5.84 Å². The Bertz CT molecular complexity index is 502. The lowest BCUT2D eigenvalue weighted by molar-refractivity contribution is 0.396. The second kappa shape index (κ2) is 6.55. The van der Waals surface area contributed by atoms with Crippen molar-refractivity contribution in [3.05, 3.63) is 59.0 Å². The van der Waals surface area contributed by atoms with E-state index in [2.05, 4.69) is 43.5 Å². The first-order valence-corrected chi connectivity index (χ1v) is 6.89. The lowest BCUT2D eigenvalue weighted by atomic mass is 10.0. The van der Waals surface area contributed by atoms with Gasteiger partial charge in [0.15, 0.2) is 0 Å². The quantitative estimate of drug-likeness (QED) is 0.618. The molecule has 1 atom stereocenters. The third-order valence-corrected chi connectivity index (χ3v) is 3.45. The number of hydrogen-bond donors (Lipinski definition) is 2.